The Morgan fingerprint density at radius 1 is 1.40 bits per heavy atom. The van der Waals surface area contributed by atoms with Gasteiger partial charge in [0, 0.05) is 27.2 Å². The first-order valence-corrected chi connectivity index (χ1v) is 5.19. The molecule has 1 heterocycles. The van der Waals surface area contributed by atoms with E-state index in [0.717, 1.165) is 18.7 Å². The van der Waals surface area contributed by atoms with Crippen molar-refractivity contribution in [2.75, 3.05) is 14.1 Å². The smallest absolute Gasteiger partial charge is 0.226 e. The minimum atomic E-state index is 0.162. The molecular weight excluding hydrogens is 188 g/mol. The Morgan fingerprint density at radius 2 is 2.20 bits per heavy atom. The number of carbonyl (C=O) groups is 1. The molecule has 1 aliphatic heterocycles. The first-order chi connectivity index (χ1) is 7.18. The Labute approximate surface area is 90.1 Å². The molecular formula is C12H16N2O. The van der Waals surface area contributed by atoms with Crippen molar-refractivity contribution in [1.29, 1.82) is 0 Å². The van der Waals surface area contributed by atoms with Gasteiger partial charge in [0.15, 0.2) is 0 Å². The summed E-state index contributed by atoms with van der Waals surface area (Å²) in [4.78, 5) is 13.3. The Kier molecular flexibility index (Phi) is 2.73. The highest BCUT2D eigenvalue weighted by Crippen LogP contribution is 2.20. The maximum atomic E-state index is 11.6. The topological polar surface area (TPSA) is 32.3 Å². The van der Waals surface area contributed by atoms with Crippen LogP contribution in [0.5, 0.6) is 0 Å². The monoisotopic (exact) mass is 204 g/mol. The van der Waals surface area contributed by atoms with E-state index in [4.69, 9.17) is 0 Å². The van der Waals surface area contributed by atoms with Gasteiger partial charge in [0.05, 0.1) is 6.42 Å². The fourth-order valence-corrected chi connectivity index (χ4v) is 1.89. The number of hydrogen-bond donors (Lipinski definition) is 1. The number of amides is 1. The van der Waals surface area contributed by atoms with Crippen LogP contribution in [0, 0.1) is 0 Å². The van der Waals surface area contributed by atoms with Crippen LogP contribution in [0.1, 0.15) is 16.7 Å². The molecule has 1 amide bonds. The molecule has 0 unspecified atom stereocenters. The third-order valence-corrected chi connectivity index (χ3v) is 2.83. The number of hydrogen-bond acceptors (Lipinski definition) is 2. The molecule has 0 saturated carbocycles. The van der Waals surface area contributed by atoms with Crippen LogP contribution in [0.25, 0.3) is 0 Å². The van der Waals surface area contributed by atoms with E-state index in [1.165, 1.54) is 11.1 Å². The van der Waals surface area contributed by atoms with Crippen molar-refractivity contribution in [3.63, 3.8) is 0 Å². The molecule has 1 N–H and O–H groups in total. The average Bonchev–Trinajstić information content (AvgIpc) is 2.66. The van der Waals surface area contributed by atoms with E-state index < -0.39 is 0 Å². The number of benzene rings is 1. The van der Waals surface area contributed by atoms with E-state index in [1.54, 1.807) is 19.0 Å². The highest BCUT2D eigenvalue weighted by molar-refractivity contribution is 5.78. The molecule has 1 aliphatic rings. The van der Waals surface area contributed by atoms with Crippen LogP contribution >= 0.6 is 0 Å². The lowest BCUT2D eigenvalue weighted by Gasteiger charge is -2.12. The summed E-state index contributed by atoms with van der Waals surface area (Å²) in [6, 6.07) is 6.20. The summed E-state index contributed by atoms with van der Waals surface area (Å²) < 4.78 is 0. The molecule has 1 aromatic rings. The predicted molar refractivity (Wildman–Crippen MR) is 59.4 cm³/mol. The predicted octanol–water partition coefficient (Wildman–Crippen LogP) is 0.920. The van der Waals surface area contributed by atoms with Gasteiger partial charge in [-0.1, -0.05) is 18.2 Å². The summed E-state index contributed by atoms with van der Waals surface area (Å²) in [5.74, 6) is 0.162. The quantitative estimate of drug-likeness (QED) is 0.777. The van der Waals surface area contributed by atoms with Gasteiger partial charge in [0.1, 0.15) is 0 Å². The number of fused-ring (bicyclic) bond motifs is 1. The molecule has 0 aliphatic carbocycles. The zero-order valence-electron chi connectivity index (χ0n) is 9.21. The van der Waals surface area contributed by atoms with Crippen molar-refractivity contribution >= 4 is 5.91 Å². The number of rotatable bonds is 2. The lowest BCUT2D eigenvalue weighted by molar-refractivity contribution is -0.127. The van der Waals surface area contributed by atoms with Gasteiger partial charge in [-0.2, -0.15) is 0 Å². The normalized spacial score (nSPS) is 13.7. The molecule has 2 rings (SSSR count). The van der Waals surface area contributed by atoms with Crippen molar-refractivity contribution < 1.29 is 4.79 Å². The van der Waals surface area contributed by atoms with Crippen LogP contribution < -0.4 is 5.32 Å². The molecule has 0 radical (unpaired) electrons. The number of likely N-dealkylation sites (N-methyl/N-ethyl adjacent to an activating group) is 1. The zero-order valence-corrected chi connectivity index (χ0v) is 9.21. The second-order valence-electron chi connectivity index (χ2n) is 4.12. The molecule has 0 fully saturated rings. The van der Waals surface area contributed by atoms with Crippen molar-refractivity contribution in [3.05, 3.63) is 34.9 Å². The van der Waals surface area contributed by atoms with Gasteiger partial charge in [0.25, 0.3) is 0 Å². The lowest BCUT2D eigenvalue weighted by Crippen LogP contribution is -2.24. The van der Waals surface area contributed by atoms with E-state index >= 15 is 0 Å². The largest absolute Gasteiger partial charge is 0.349 e. The Bertz CT molecular complexity index is 385. The van der Waals surface area contributed by atoms with Gasteiger partial charge < -0.3 is 10.2 Å². The molecule has 15 heavy (non-hydrogen) atoms. The summed E-state index contributed by atoms with van der Waals surface area (Å²) >= 11 is 0. The van der Waals surface area contributed by atoms with Gasteiger partial charge in [0.2, 0.25) is 5.91 Å². The molecule has 0 aromatic heterocycles. The van der Waals surface area contributed by atoms with Crippen LogP contribution in [0.2, 0.25) is 0 Å². The summed E-state index contributed by atoms with van der Waals surface area (Å²) in [6.45, 7) is 1.82. The Hall–Kier alpha value is -1.35. The van der Waals surface area contributed by atoms with Crippen LogP contribution in [-0.2, 0) is 24.3 Å². The van der Waals surface area contributed by atoms with Crippen molar-refractivity contribution in [1.82, 2.24) is 10.2 Å². The van der Waals surface area contributed by atoms with Crippen LogP contribution in [0.3, 0.4) is 0 Å². The zero-order chi connectivity index (χ0) is 10.8. The van der Waals surface area contributed by atoms with Gasteiger partial charge in [-0.05, 0) is 16.7 Å². The van der Waals surface area contributed by atoms with E-state index in [9.17, 15) is 4.79 Å². The van der Waals surface area contributed by atoms with Crippen LogP contribution in [0.15, 0.2) is 18.2 Å². The third kappa shape index (κ3) is 2.02. The first-order valence-electron chi connectivity index (χ1n) is 5.19. The molecule has 1 aromatic carbocycles. The summed E-state index contributed by atoms with van der Waals surface area (Å²) in [5, 5.41) is 3.31. The molecule has 3 nitrogen and oxygen atoms in total. The second kappa shape index (κ2) is 4.03. The molecule has 0 bridgehead atoms. The van der Waals surface area contributed by atoms with E-state index in [2.05, 4.69) is 11.4 Å². The fourth-order valence-electron chi connectivity index (χ4n) is 1.89. The van der Waals surface area contributed by atoms with Crippen LogP contribution in [0.4, 0.5) is 0 Å². The number of nitrogens with zero attached hydrogens (tertiary/aromatic N) is 1. The second-order valence-corrected chi connectivity index (χ2v) is 4.12. The first kappa shape index (κ1) is 10.2. The summed E-state index contributed by atoms with van der Waals surface area (Å²) in [5.41, 5.74) is 3.81. The standard InChI is InChI=1S/C12H16N2O/c1-14(2)12(15)6-9-4-3-5-10-7-13-8-11(9)10/h3-5,13H,6-8H2,1-2H3. The third-order valence-electron chi connectivity index (χ3n) is 2.83. The fraction of sp³-hybridized carbons (Fsp3) is 0.417. The molecule has 0 saturated heterocycles. The number of carbonyl (C=O) groups excluding carboxylic acids is 1. The lowest BCUT2D eigenvalue weighted by atomic mass is 10.0. The van der Waals surface area contributed by atoms with Gasteiger partial charge in [-0.3, -0.25) is 4.79 Å². The van der Waals surface area contributed by atoms with Gasteiger partial charge in [-0.15, -0.1) is 0 Å². The van der Waals surface area contributed by atoms with Gasteiger partial charge in [-0.25, -0.2) is 0 Å². The molecule has 0 spiro atoms. The maximum Gasteiger partial charge on any atom is 0.226 e. The highest BCUT2D eigenvalue weighted by atomic mass is 16.2. The SMILES string of the molecule is CN(C)C(=O)Cc1cccc2c1CNC2. The highest BCUT2D eigenvalue weighted by Gasteiger charge is 2.15. The molecule has 80 valence electrons. The summed E-state index contributed by atoms with van der Waals surface area (Å²) in [7, 11) is 3.59. The average molecular weight is 204 g/mol. The van der Waals surface area contributed by atoms with Crippen molar-refractivity contribution in [3.8, 4) is 0 Å². The number of nitrogens with one attached hydrogen (secondary N) is 1. The van der Waals surface area contributed by atoms with E-state index in [0.29, 0.717) is 6.42 Å². The summed E-state index contributed by atoms with van der Waals surface area (Å²) in [6.07, 6.45) is 0.512. The van der Waals surface area contributed by atoms with Crippen molar-refractivity contribution in [2.45, 2.75) is 19.5 Å². The van der Waals surface area contributed by atoms with Crippen molar-refractivity contribution in [2.24, 2.45) is 0 Å². The molecule has 3 heteroatoms. The minimum absolute atomic E-state index is 0.162. The Balaban J connectivity index is 2.22. The minimum Gasteiger partial charge on any atom is -0.349 e. The van der Waals surface area contributed by atoms with E-state index in [1.807, 2.05) is 12.1 Å². The maximum absolute atomic E-state index is 11.6. The Morgan fingerprint density at radius 3 is 2.93 bits per heavy atom. The van der Waals surface area contributed by atoms with E-state index in [-0.39, 0.29) is 5.91 Å². The molecule has 0 atom stereocenters. The van der Waals surface area contributed by atoms with Crippen LogP contribution in [-0.4, -0.2) is 24.9 Å². The van der Waals surface area contributed by atoms with Gasteiger partial charge >= 0.3 is 0 Å².